The molecule has 4 rings (SSSR count). The molecule has 0 saturated carbocycles. The number of hydrogen-bond donors (Lipinski definition) is 1. The number of benzene rings is 2. The molecule has 118 valence electrons. The van der Waals surface area contributed by atoms with Crippen LogP contribution in [0.4, 0.5) is 0 Å². The van der Waals surface area contributed by atoms with E-state index in [-0.39, 0.29) is 6.17 Å². The molecule has 0 fully saturated rings. The van der Waals surface area contributed by atoms with Crippen LogP contribution in [-0.2, 0) is 16.6 Å². The Balaban J connectivity index is 2.10. The van der Waals surface area contributed by atoms with E-state index in [2.05, 4.69) is 29.7 Å². The minimum absolute atomic E-state index is 0.0618. The van der Waals surface area contributed by atoms with Crippen molar-refractivity contribution in [2.24, 2.45) is 5.73 Å². The number of aromatic nitrogens is 1. The molecular weight excluding hydrogens is 304 g/mol. The highest BCUT2D eigenvalue weighted by atomic mass is 32.2. The molecule has 0 aliphatic carbocycles. The third-order valence-electron chi connectivity index (χ3n) is 4.59. The van der Waals surface area contributed by atoms with Crippen LogP contribution in [0.25, 0.3) is 22.2 Å². The highest BCUT2D eigenvalue weighted by Crippen LogP contribution is 2.43. The summed E-state index contributed by atoms with van der Waals surface area (Å²) in [6.45, 7) is 2.15. The second kappa shape index (κ2) is 5.62. The van der Waals surface area contributed by atoms with E-state index in [9.17, 15) is 4.21 Å². The van der Waals surface area contributed by atoms with E-state index < -0.39 is 10.8 Å². The van der Waals surface area contributed by atoms with Crippen LogP contribution in [0.1, 0.15) is 31.5 Å². The second-order valence-electron chi connectivity index (χ2n) is 6.06. The number of nitrogens with zero attached hydrogens (tertiary/aromatic N) is 1. The summed E-state index contributed by atoms with van der Waals surface area (Å²) >= 11 is 0. The molecule has 2 atom stereocenters. The number of nitrogens with two attached hydrogens (primary N) is 1. The summed E-state index contributed by atoms with van der Waals surface area (Å²) in [6.07, 6.45) is 1.90. The van der Waals surface area contributed by atoms with Crippen LogP contribution < -0.4 is 5.73 Å². The number of fused-ring (bicyclic) bond motifs is 5. The summed E-state index contributed by atoms with van der Waals surface area (Å²) < 4.78 is 14.9. The van der Waals surface area contributed by atoms with Crippen molar-refractivity contribution >= 4 is 21.7 Å². The molecule has 1 aromatic heterocycles. The van der Waals surface area contributed by atoms with E-state index in [4.69, 9.17) is 5.73 Å². The summed E-state index contributed by atoms with van der Waals surface area (Å²) in [6, 6.07) is 16.3. The first-order chi connectivity index (χ1) is 11.2. The number of rotatable bonds is 3. The van der Waals surface area contributed by atoms with Gasteiger partial charge in [-0.05, 0) is 24.1 Å². The highest BCUT2D eigenvalue weighted by molar-refractivity contribution is 7.84. The van der Waals surface area contributed by atoms with Gasteiger partial charge in [-0.3, -0.25) is 4.21 Å². The van der Waals surface area contributed by atoms with E-state index in [1.807, 2.05) is 30.3 Å². The van der Waals surface area contributed by atoms with Crippen molar-refractivity contribution < 1.29 is 4.21 Å². The van der Waals surface area contributed by atoms with Crippen LogP contribution >= 0.6 is 0 Å². The molecule has 0 saturated heterocycles. The average Bonchev–Trinajstić information content (AvgIpc) is 2.90. The molecule has 23 heavy (non-hydrogen) atoms. The lowest BCUT2D eigenvalue weighted by molar-refractivity contribution is 0.494. The summed E-state index contributed by atoms with van der Waals surface area (Å²) in [7, 11) is -0.990. The lowest BCUT2D eigenvalue weighted by Crippen LogP contribution is -2.20. The van der Waals surface area contributed by atoms with Crippen LogP contribution in [0.2, 0.25) is 0 Å². The van der Waals surface area contributed by atoms with E-state index >= 15 is 0 Å². The lowest BCUT2D eigenvalue weighted by Gasteiger charge is -2.23. The maximum atomic E-state index is 12.7. The molecule has 3 nitrogen and oxygen atoms in total. The molecule has 2 unspecified atom stereocenters. The summed E-state index contributed by atoms with van der Waals surface area (Å²) in [5.74, 6) is 0.568. The summed E-state index contributed by atoms with van der Waals surface area (Å²) in [5.41, 5.74) is 11.1. The fraction of sp³-hybridized carbons (Fsp3) is 0.263. The van der Waals surface area contributed by atoms with Crippen molar-refractivity contribution in [3.63, 3.8) is 0 Å². The van der Waals surface area contributed by atoms with Gasteiger partial charge in [-0.2, -0.15) is 0 Å². The molecule has 0 radical (unpaired) electrons. The minimum atomic E-state index is -0.990. The molecule has 1 aliphatic heterocycles. The van der Waals surface area contributed by atoms with Gasteiger partial charge in [0.1, 0.15) is 0 Å². The largest absolute Gasteiger partial charge is 0.324 e. The van der Waals surface area contributed by atoms with E-state index in [0.717, 1.165) is 34.5 Å². The Labute approximate surface area is 138 Å². The van der Waals surface area contributed by atoms with Crippen molar-refractivity contribution in [3.05, 3.63) is 54.1 Å². The summed E-state index contributed by atoms with van der Waals surface area (Å²) in [4.78, 5) is 0.924. The Hall–Kier alpha value is -1.91. The Morgan fingerprint density at radius 1 is 1.17 bits per heavy atom. The zero-order valence-electron chi connectivity index (χ0n) is 13.2. The van der Waals surface area contributed by atoms with Crippen LogP contribution in [0.15, 0.2) is 53.4 Å². The molecule has 0 amide bonds. The predicted molar refractivity (Wildman–Crippen MR) is 95.6 cm³/mol. The maximum Gasteiger partial charge on any atom is 0.0820 e. The SMILES string of the molecule is CCCC(N)n1c2c(c3ccccc31)CS(=O)c1ccccc1-2. The van der Waals surface area contributed by atoms with Gasteiger partial charge < -0.3 is 10.3 Å². The Bertz CT molecular complexity index is 913. The molecule has 4 heteroatoms. The van der Waals surface area contributed by atoms with Gasteiger partial charge in [0.05, 0.1) is 33.9 Å². The van der Waals surface area contributed by atoms with Crippen molar-refractivity contribution in [2.75, 3.05) is 0 Å². The topological polar surface area (TPSA) is 48.0 Å². The maximum absolute atomic E-state index is 12.7. The monoisotopic (exact) mass is 324 g/mol. The smallest absolute Gasteiger partial charge is 0.0820 e. The van der Waals surface area contributed by atoms with Gasteiger partial charge in [-0.15, -0.1) is 0 Å². The first-order valence-corrected chi connectivity index (χ1v) is 9.39. The number of para-hydroxylation sites is 1. The highest BCUT2D eigenvalue weighted by Gasteiger charge is 2.29. The van der Waals surface area contributed by atoms with E-state index in [1.165, 1.54) is 10.9 Å². The fourth-order valence-electron chi connectivity index (χ4n) is 3.61. The molecule has 0 bridgehead atoms. The zero-order valence-corrected chi connectivity index (χ0v) is 14.0. The van der Waals surface area contributed by atoms with Gasteiger partial charge in [0, 0.05) is 15.8 Å². The normalized spacial score (nSPS) is 17.7. The first kappa shape index (κ1) is 14.7. The molecule has 2 heterocycles. The van der Waals surface area contributed by atoms with E-state index in [1.54, 1.807) is 0 Å². The van der Waals surface area contributed by atoms with Gasteiger partial charge in [-0.1, -0.05) is 49.7 Å². The molecule has 0 spiro atoms. The first-order valence-electron chi connectivity index (χ1n) is 8.07. The van der Waals surface area contributed by atoms with E-state index in [0.29, 0.717) is 5.75 Å². The second-order valence-corrected chi connectivity index (χ2v) is 7.48. The molecule has 2 N–H and O–H groups in total. The Morgan fingerprint density at radius 3 is 2.74 bits per heavy atom. The van der Waals surface area contributed by atoms with Crippen molar-refractivity contribution in [1.29, 1.82) is 0 Å². The van der Waals surface area contributed by atoms with Crippen LogP contribution in [0, 0.1) is 0 Å². The standard InChI is InChI=1S/C19H20N2OS/c1-2-7-18(20)21-16-10-5-3-8-13(16)15-12-23(22)17-11-6-4-9-14(17)19(15)21/h3-6,8-11,18H,2,7,12,20H2,1H3. The van der Waals surface area contributed by atoms with Crippen molar-refractivity contribution in [1.82, 2.24) is 4.57 Å². The van der Waals surface area contributed by atoms with Crippen molar-refractivity contribution in [3.8, 4) is 11.3 Å². The van der Waals surface area contributed by atoms with Crippen LogP contribution in [0.5, 0.6) is 0 Å². The van der Waals surface area contributed by atoms with Crippen LogP contribution in [-0.4, -0.2) is 8.78 Å². The van der Waals surface area contributed by atoms with Gasteiger partial charge >= 0.3 is 0 Å². The van der Waals surface area contributed by atoms with Crippen LogP contribution in [0.3, 0.4) is 0 Å². The van der Waals surface area contributed by atoms with Gasteiger partial charge in [0.25, 0.3) is 0 Å². The minimum Gasteiger partial charge on any atom is -0.324 e. The molecule has 3 aromatic rings. The molecular formula is C19H20N2OS. The third kappa shape index (κ3) is 2.17. The fourth-order valence-corrected chi connectivity index (χ4v) is 4.96. The van der Waals surface area contributed by atoms with Gasteiger partial charge in [0.2, 0.25) is 0 Å². The average molecular weight is 324 g/mol. The summed E-state index contributed by atoms with van der Waals surface area (Å²) in [5, 5.41) is 1.18. The van der Waals surface area contributed by atoms with Gasteiger partial charge in [-0.25, -0.2) is 0 Å². The third-order valence-corrected chi connectivity index (χ3v) is 5.99. The lowest BCUT2D eigenvalue weighted by atomic mass is 10.1. The molecule has 2 aromatic carbocycles. The Morgan fingerprint density at radius 2 is 1.91 bits per heavy atom. The zero-order chi connectivity index (χ0) is 16.0. The van der Waals surface area contributed by atoms with Crippen molar-refractivity contribution in [2.45, 2.75) is 36.6 Å². The number of hydrogen-bond acceptors (Lipinski definition) is 2. The van der Waals surface area contributed by atoms with Gasteiger partial charge in [0.15, 0.2) is 0 Å². The molecule has 1 aliphatic rings. The predicted octanol–water partition coefficient (Wildman–Crippen LogP) is 4.19. The quantitative estimate of drug-likeness (QED) is 0.785. The Kier molecular flexibility index (Phi) is 3.58.